The molecule has 1 nitrogen and oxygen atoms in total. The molecule has 0 radical (unpaired) electrons. The molecule has 13 heavy (non-hydrogen) atoms. The second-order valence-electron chi connectivity index (χ2n) is 5.36. The molecule has 1 heterocycles. The molecule has 1 aliphatic heterocycles. The van der Waals surface area contributed by atoms with Gasteiger partial charge in [-0.05, 0) is 63.1 Å². The number of hydrogen-bond donors (Lipinski definition) is 0. The van der Waals surface area contributed by atoms with Gasteiger partial charge < -0.3 is 4.90 Å². The van der Waals surface area contributed by atoms with E-state index in [-0.39, 0.29) is 0 Å². The summed E-state index contributed by atoms with van der Waals surface area (Å²) >= 11 is 0. The van der Waals surface area contributed by atoms with Crippen LogP contribution in [0.5, 0.6) is 0 Å². The molecule has 76 valence electrons. The molecule has 0 aromatic carbocycles. The third-order valence-electron chi connectivity index (χ3n) is 4.02. The monoisotopic (exact) mass is 181 g/mol. The van der Waals surface area contributed by atoms with E-state index >= 15 is 0 Å². The lowest BCUT2D eigenvalue weighted by atomic mass is 9.58. The summed E-state index contributed by atoms with van der Waals surface area (Å²) in [5.74, 6) is 1.03. The van der Waals surface area contributed by atoms with Crippen LogP contribution in [-0.4, -0.2) is 24.5 Å². The summed E-state index contributed by atoms with van der Waals surface area (Å²) in [6.07, 6.45) is 7.33. The Hall–Kier alpha value is -0.0400. The summed E-state index contributed by atoms with van der Waals surface area (Å²) < 4.78 is 0. The summed E-state index contributed by atoms with van der Waals surface area (Å²) in [4.78, 5) is 2.65. The van der Waals surface area contributed by atoms with Gasteiger partial charge in [0.1, 0.15) is 0 Å². The maximum absolute atomic E-state index is 2.65. The molecule has 1 heteroatoms. The van der Waals surface area contributed by atoms with Crippen LogP contribution < -0.4 is 0 Å². The first-order valence-corrected chi connectivity index (χ1v) is 5.96. The van der Waals surface area contributed by atoms with Crippen LogP contribution in [0.25, 0.3) is 0 Å². The fraction of sp³-hybridized carbons (Fsp3) is 1.00. The standard InChI is InChI=1S/C12H23N/c1-3-6-13-7-4-12(5-8-13)9-11(2)10-12/h11H,3-10H2,1-2H3. The van der Waals surface area contributed by atoms with Gasteiger partial charge in [-0.2, -0.15) is 0 Å². The molecule has 0 bridgehead atoms. The molecule has 2 fully saturated rings. The predicted molar refractivity (Wildman–Crippen MR) is 56.8 cm³/mol. The molecule has 0 atom stereocenters. The van der Waals surface area contributed by atoms with Crippen molar-refractivity contribution in [3.05, 3.63) is 0 Å². The van der Waals surface area contributed by atoms with E-state index in [1.807, 2.05) is 0 Å². The van der Waals surface area contributed by atoms with Crippen LogP contribution in [0.1, 0.15) is 46.0 Å². The van der Waals surface area contributed by atoms with Crippen LogP contribution in [0, 0.1) is 11.3 Å². The quantitative estimate of drug-likeness (QED) is 0.633. The van der Waals surface area contributed by atoms with Crippen LogP contribution in [0.4, 0.5) is 0 Å². The van der Waals surface area contributed by atoms with Gasteiger partial charge in [-0.25, -0.2) is 0 Å². The van der Waals surface area contributed by atoms with Crippen molar-refractivity contribution in [1.29, 1.82) is 0 Å². The second kappa shape index (κ2) is 3.61. The zero-order valence-electron chi connectivity index (χ0n) is 9.18. The Morgan fingerprint density at radius 3 is 2.31 bits per heavy atom. The highest BCUT2D eigenvalue weighted by atomic mass is 15.1. The molecule has 1 spiro atoms. The van der Waals surface area contributed by atoms with Gasteiger partial charge in [0, 0.05) is 0 Å². The number of nitrogens with zero attached hydrogens (tertiary/aromatic N) is 1. The van der Waals surface area contributed by atoms with Gasteiger partial charge in [0.25, 0.3) is 0 Å². The van der Waals surface area contributed by atoms with Crippen molar-refractivity contribution < 1.29 is 0 Å². The molecule has 0 N–H and O–H groups in total. The van der Waals surface area contributed by atoms with Crippen molar-refractivity contribution in [3.63, 3.8) is 0 Å². The van der Waals surface area contributed by atoms with E-state index < -0.39 is 0 Å². The average molecular weight is 181 g/mol. The highest BCUT2D eigenvalue weighted by molar-refractivity contribution is 4.95. The van der Waals surface area contributed by atoms with Crippen LogP contribution in [-0.2, 0) is 0 Å². The van der Waals surface area contributed by atoms with Gasteiger partial charge in [-0.3, -0.25) is 0 Å². The Bertz CT molecular complexity index is 160. The van der Waals surface area contributed by atoms with Crippen molar-refractivity contribution in [2.45, 2.75) is 46.0 Å². The summed E-state index contributed by atoms with van der Waals surface area (Å²) in [6.45, 7) is 8.77. The molecule has 2 aliphatic rings. The van der Waals surface area contributed by atoms with Crippen LogP contribution >= 0.6 is 0 Å². The van der Waals surface area contributed by atoms with Crippen LogP contribution in [0.15, 0.2) is 0 Å². The number of piperidine rings is 1. The fourth-order valence-corrected chi connectivity index (χ4v) is 3.39. The SMILES string of the molecule is CCCN1CCC2(CC1)CC(C)C2. The van der Waals surface area contributed by atoms with Gasteiger partial charge in [0.05, 0.1) is 0 Å². The average Bonchev–Trinajstić information content (AvgIpc) is 2.07. The number of rotatable bonds is 2. The molecular formula is C12H23N. The minimum Gasteiger partial charge on any atom is -0.303 e. The zero-order valence-corrected chi connectivity index (χ0v) is 9.18. The first-order valence-electron chi connectivity index (χ1n) is 5.96. The second-order valence-corrected chi connectivity index (χ2v) is 5.36. The van der Waals surface area contributed by atoms with E-state index in [1.54, 1.807) is 0 Å². The maximum Gasteiger partial charge on any atom is -0.00134 e. The third-order valence-corrected chi connectivity index (χ3v) is 4.02. The highest BCUT2D eigenvalue weighted by Gasteiger charge is 2.43. The molecule has 1 saturated heterocycles. The van der Waals surface area contributed by atoms with E-state index in [0.29, 0.717) is 0 Å². The van der Waals surface area contributed by atoms with E-state index in [9.17, 15) is 0 Å². The summed E-state index contributed by atoms with van der Waals surface area (Å²) in [7, 11) is 0. The maximum atomic E-state index is 2.65. The molecule has 2 rings (SSSR count). The van der Waals surface area contributed by atoms with Gasteiger partial charge in [-0.15, -0.1) is 0 Å². The fourth-order valence-electron chi connectivity index (χ4n) is 3.39. The lowest BCUT2D eigenvalue weighted by Gasteiger charge is -2.51. The summed E-state index contributed by atoms with van der Waals surface area (Å²) in [5.41, 5.74) is 0.809. The Morgan fingerprint density at radius 1 is 1.23 bits per heavy atom. The Morgan fingerprint density at radius 2 is 1.85 bits per heavy atom. The first-order chi connectivity index (χ1) is 6.24. The van der Waals surface area contributed by atoms with Gasteiger partial charge in [0.15, 0.2) is 0 Å². The summed E-state index contributed by atoms with van der Waals surface area (Å²) in [5, 5.41) is 0. The van der Waals surface area contributed by atoms with E-state index in [2.05, 4.69) is 18.7 Å². The van der Waals surface area contributed by atoms with Crippen molar-refractivity contribution in [1.82, 2.24) is 4.90 Å². The lowest BCUT2D eigenvalue weighted by Crippen LogP contribution is -2.46. The first kappa shape index (κ1) is 9.51. The summed E-state index contributed by atoms with van der Waals surface area (Å²) in [6, 6.07) is 0. The minimum atomic E-state index is 0.809. The van der Waals surface area contributed by atoms with Crippen molar-refractivity contribution >= 4 is 0 Å². The topological polar surface area (TPSA) is 3.24 Å². The van der Waals surface area contributed by atoms with Gasteiger partial charge in [-0.1, -0.05) is 13.8 Å². The third kappa shape index (κ3) is 1.90. The normalized spacial score (nSPS) is 29.1. The molecule has 1 aliphatic carbocycles. The number of hydrogen-bond acceptors (Lipinski definition) is 1. The van der Waals surface area contributed by atoms with Crippen LogP contribution in [0.3, 0.4) is 0 Å². The van der Waals surface area contributed by atoms with Crippen molar-refractivity contribution in [2.24, 2.45) is 11.3 Å². The number of likely N-dealkylation sites (tertiary alicyclic amines) is 1. The van der Waals surface area contributed by atoms with E-state index in [4.69, 9.17) is 0 Å². The molecule has 1 saturated carbocycles. The minimum absolute atomic E-state index is 0.809. The molecular weight excluding hydrogens is 158 g/mol. The largest absolute Gasteiger partial charge is 0.303 e. The predicted octanol–water partition coefficient (Wildman–Crippen LogP) is 2.91. The molecule has 0 amide bonds. The molecule has 0 unspecified atom stereocenters. The Balaban J connectivity index is 1.77. The Kier molecular flexibility index (Phi) is 2.64. The highest BCUT2D eigenvalue weighted by Crippen LogP contribution is 2.52. The molecule has 0 aromatic rings. The van der Waals surface area contributed by atoms with Crippen molar-refractivity contribution in [2.75, 3.05) is 19.6 Å². The van der Waals surface area contributed by atoms with E-state index in [1.165, 1.54) is 51.7 Å². The van der Waals surface area contributed by atoms with Gasteiger partial charge >= 0.3 is 0 Å². The smallest absolute Gasteiger partial charge is 0.00134 e. The van der Waals surface area contributed by atoms with Crippen LogP contribution in [0.2, 0.25) is 0 Å². The van der Waals surface area contributed by atoms with E-state index in [0.717, 1.165) is 11.3 Å². The zero-order chi connectivity index (χ0) is 9.31. The Labute approximate surface area is 82.5 Å². The molecule has 0 aromatic heterocycles. The van der Waals surface area contributed by atoms with Crippen molar-refractivity contribution in [3.8, 4) is 0 Å². The van der Waals surface area contributed by atoms with Gasteiger partial charge in [0.2, 0.25) is 0 Å². The lowest BCUT2D eigenvalue weighted by molar-refractivity contribution is -0.00565.